The number of hydrogen-bond acceptors (Lipinski definition) is 5. The second-order valence-corrected chi connectivity index (χ2v) is 6.53. The number of unbranched alkanes of at least 4 members (excludes halogenated alkanes) is 10. The normalized spacial score (nSPS) is 10.8. The van der Waals surface area contributed by atoms with E-state index >= 15 is 0 Å². The molecule has 0 heterocycles. The van der Waals surface area contributed by atoms with Crippen molar-refractivity contribution in [2.75, 3.05) is 6.61 Å². The Bertz CT molecular complexity index is 490. The van der Waals surface area contributed by atoms with E-state index < -0.39 is 23.2 Å². The lowest BCUT2D eigenvalue weighted by atomic mass is 10.1. The van der Waals surface area contributed by atoms with Gasteiger partial charge in [0.25, 0.3) is 0 Å². The Balaban J connectivity index is 2.04. The first-order valence-electron chi connectivity index (χ1n) is 9.48. The molecule has 0 spiro atoms. The van der Waals surface area contributed by atoms with Crippen LogP contribution in [-0.4, -0.2) is 27.9 Å². The van der Waals surface area contributed by atoms with Crippen LogP contribution >= 0.6 is 0 Å². The molecular formula is C20H32O5. The molecule has 25 heavy (non-hydrogen) atoms. The average molecular weight is 352 g/mol. The molecule has 5 heteroatoms. The summed E-state index contributed by atoms with van der Waals surface area (Å²) in [5.74, 6) is -2.33. The lowest BCUT2D eigenvalue weighted by Crippen LogP contribution is -2.06. The predicted octanol–water partition coefficient (Wildman–Crippen LogP) is 5.27. The maximum absolute atomic E-state index is 11.8. The number of aromatic hydroxyl groups is 3. The number of rotatable bonds is 13. The minimum Gasteiger partial charge on any atom is -0.504 e. The highest BCUT2D eigenvalue weighted by molar-refractivity contribution is 5.91. The molecule has 1 aromatic carbocycles. The highest BCUT2D eigenvalue weighted by Crippen LogP contribution is 2.35. The van der Waals surface area contributed by atoms with Crippen LogP contribution in [0, 0.1) is 0 Å². The third kappa shape index (κ3) is 8.66. The largest absolute Gasteiger partial charge is 0.504 e. The van der Waals surface area contributed by atoms with Gasteiger partial charge in [0.1, 0.15) is 0 Å². The van der Waals surface area contributed by atoms with E-state index in [4.69, 9.17) is 4.74 Å². The first-order valence-corrected chi connectivity index (χ1v) is 9.48. The second kappa shape index (κ2) is 12.5. The summed E-state index contributed by atoms with van der Waals surface area (Å²) in [6, 6.07) is 2.16. The van der Waals surface area contributed by atoms with Gasteiger partial charge in [-0.1, -0.05) is 71.1 Å². The molecule has 142 valence electrons. The number of phenolic OH excluding ortho intramolecular Hbond substituents is 3. The first-order chi connectivity index (χ1) is 12.1. The minimum atomic E-state index is -0.637. The topological polar surface area (TPSA) is 87.0 Å². The smallest absolute Gasteiger partial charge is 0.338 e. The van der Waals surface area contributed by atoms with Gasteiger partial charge in [-0.05, 0) is 18.6 Å². The maximum atomic E-state index is 11.8. The number of ether oxygens (including phenoxy) is 1. The Morgan fingerprint density at radius 3 is 1.72 bits per heavy atom. The number of hydrogen-bond donors (Lipinski definition) is 3. The van der Waals surface area contributed by atoms with Crippen molar-refractivity contribution in [1.29, 1.82) is 0 Å². The van der Waals surface area contributed by atoms with Crippen molar-refractivity contribution < 1.29 is 24.9 Å². The van der Waals surface area contributed by atoms with E-state index in [1.165, 1.54) is 51.4 Å². The zero-order chi connectivity index (χ0) is 18.5. The fraction of sp³-hybridized carbons (Fsp3) is 0.650. The lowest BCUT2D eigenvalue weighted by Gasteiger charge is -2.07. The number of carbonyl (C=O) groups is 1. The molecule has 0 saturated heterocycles. The fourth-order valence-corrected chi connectivity index (χ4v) is 2.74. The van der Waals surface area contributed by atoms with Crippen LogP contribution in [0.4, 0.5) is 0 Å². The van der Waals surface area contributed by atoms with E-state index in [9.17, 15) is 20.1 Å². The van der Waals surface area contributed by atoms with Crippen molar-refractivity contribution in [2.45, 2.75) is 77.6 Å². The van der Waals surface area contributed by atoms with E-state index in [2.05, 4.69) is 6.92 Å². The average Bonchev–Trinajstić information content (AvgIpc) is 2.60. The standard InChI is InChI=1S/C20H32O5/c1-2-3-4-5-6-7-8-9-10-11-12-13-25-20(24)16-14-17(21)19(23)18(22)15-16/h14-15,21-23H,2-13H2,1H3. The van der Waals surface area contributed by atoms with Crippen LogP contribution in [0.1, 0.15) is 87.9 Å². The molecule has 0 fully saturated rings. The van der Waals surface area contributed by atoms with Crippen LogP contribution in [0.3, 0.4) is 0 Å². The van der Waals surface area contributed by atoms with E-state index in [1.807, 2.05) is 0 Å². The van der Waals surface area contributed by atoms with Gasteiger partial charge in [0.15, 0.2) is 17.2 Å². The van der Waals surface area contributed by atoms with Crippen molar-refractivity contribution in [3.05, 3.63) is 17.7 Å². The van der Waals surface area contributed by atoms with E-state index in [0.717, 1.165) is 31.4 Å². The van der Waals surface area contributed by atoms with Crippen LogP contribution in [0.2, 0.25) is 0 Å². The van der Waals surface area contributed by atoms with Crippen molar-refractivity contribution >= 4 is 5.97 Å². The molecular weight excluding hydrogens is 320 g/mol. The summed E-state index contributed by atoms with van der Waals surface area (Å²) in [6.07, 6.45) is 13.5. The van der Waals surface area contributed by atoms with E-state index in [0.29, 0.717) is 6.61 Å². The summed E-state index contributed by atoms with van der Waals surface area (Å²) >= 11 is 0. The molecule has 5 nitrogen and oxygen atoms in total. The minimum absolute atomic E-state index is 0.0240. The Hall–Kier alpha value is -1.91. The predicted molar refractivity (Wildman–Crippen MR) is 98.2 cm³/mol. The van der Waals surface area contributed by atoms with Gasteiger partial charge in [-0.3, -0.25) is 0 Å². The van der Waals surface area contributed by atoms with Gasteiger partial charge in [0.05, 0.1) is 12.2 Å². The monoisotopic (exact) mass is 352 g/mol. The molecule has 0 atom stereocenters. The summed E-state index contributed by atoms with van der Waals surface area (Å²) in [5.41, 5.74) is 0.0240. The Labute approximate surface area is 150 Å². The molecule has 0 aliphatic rings. The Kier molecular flexibility index (Phi) is 10.5. The molecule has 0 amide bonds. The molecule has 1 aromatic rings. The quantitative estimate of drug-likeness (QED) is 0.256. The summed E-state index contributed by atoms with van der Waals surface area (Å²) in [4.78, 5) is 11.8. The van der Waals surface area contributed by atoms with Crippen LogP contribution in [0.15, 0.2) is 12.1 Å². The number of esters is 1. The lowest BCUT2D eigenvalue weighted by molar-refractivity contribution is 0.0496. The molecule has 0 aromatic heterocycles. The summed E-state index contributed by atoms with van der Waals surface area (Å²) in [6.45, 7) is 2.55. The third-order valence-corrected chi connectivity index (χ3v) is 4.29. The summed E-state index contributed by atoms with van der Waals surface area (Å²) in [7, 11) is 0. The van der Waals surface area contributed by atoms with Gasteiger partial charge in [0, 0.05) is 0 Å². The Morgan fingerprint density at radius 1 is 0.800 bits per heavy atom. The summed E-state index contributed by atoms with van der Waals surface area (Å²) in [5, 5.41) is 28.0. The van der Waals surface area contributed by atoms with Crippen LogP contribution in [0.5, 0.6) is 17.2 Å². The number of carbonyl (C=O) groups excluding carboxylic acids is 1. The van der Waals surface area contributed by atoms with Gasteiger partial charge in [-0.2, -0.15) is 0 Å². The zero-order valence-corrected chi connectivity index (χ0v) is 15.3. The second-order valence-electron chi connectivity index (χ2n) is 6.53. The molecule has 0 saturated carbocycles. The van der Waals surface area contributed by atoms with Crippen LogP contribution in [-0.2, 0) is 4.74 Å². The van der Waals surface area contributed by atoms with E-state index in [-0.39, 0.29) is 5.56 Å². The molecule has 3 N–H and O–H groups in total. The number of benzene rings is 1. The van der Waals surface area contributed by atoms with Crippen molar-refractivity contribution in [1.82, 2.24) is 0 Å². The van der Waals surface area contributed by atoms with Gasteiger partial charge >= 0.3 is 5.97 Å². The number of phenols is 3. The van der Waals surface area contributed by atoms with Gasteiger partial charge < -0.3 is 20.1 Å². The van der Waals surface area contributed by atoms with Crippen LogP contribution in [0.25, 0.3) is 0 Å². The van der Waals surface area contributed by atoms with Gasteiger partial charge in [-0.25, -0.2) is 4.79 Å². The zero-order valence-electron chi connectivity index (χ0n) is 15.3. The van der Waals surface area contributed by atoms with E-state index in [1.54, 1.807) is 0 Å². The molecule has 0 aliphatic heterocycles. The molecule has 0 radical (unpaired) electrons. The van der Waals surface area contributed by atoms with Crippen molar-refractivity contribution in [2.24, 2.45) is 0 Å². The summed E-state index contributed by atoms with van der Waals surface area (Å²) < 4.78 is 5.12. The maximum Gasteiger partial charge on any atom is 0.338 e. The molecule has 1 rings (SSSR count). The van der Waals surface area contributed by atoms with Gasteiger partial charge in [0.2, 0.25) is 0 Å². The molecule has 0 unspecified atom stereocenters. The third-order valence-electron chi connectivity index (χ3n) is 4.29. The molecule has 0 bridgehead atoms. The van der Waals surface area contributed by atoms with Crippen molar-refractivity contribution in [3.8, 4) is 17.2 Å². The highest BCUT2D eigenvalue weighted by Gasteiger charge is 2.14. The van der Waals surface area contributed by atoms with Gasteiger partial charge in [-0.15, -0.1) is 0 Å². The highest BCUT2D eigenvalue weighted by atomic mass is 16.5. The Morgan fingerprint density at radius 2 is 1.24 bits per heavy atom. The first kappa shape index (κ1) is 21.1. The fourth-order valence-electron chi connectivity index (χ4n) is 2.74. The van der Waals surface area contributed by atoms with Crippen molar-refractivity contribution in [3.63, 3.8) is 0 Å². The van der Waals surface area contributed by atoms with Crippen LogP contribution < -0.4 is 0 Å². The molecule has 0 aliphatic carbocycles. The SMILES string of the molecule is CCCCCCCCCCCCCOC(=O)c1cc(O)c(O)c(O)c1.